The molecule has 1 aromatic carbocycles. The average molecular weight is 342 g/mol. The van der Waals surface area contributed by atoms with Crippen molar-refractivity contribution < 1.29 is 14.0 Å². The number of furan rings is 1. The molecule has 0 aliphatic rings. The largest absolute Gasteiger partial charge is 0.469 e. The lowest BCUT2D eigenvalue weighted by Gasteiger charge is -2.27. The van der Waals surface area contributed by atoms with Gasteiger partial charge >= 0.3 is 6.03 Å². The van der Waals surface area contributed by atoms with E-state index in [4.69, 9.17) is 9.25 Å². The molecule has 134 valence electrons. The summed E-state index contributed by atoms with van der Waals surface area (Å²) in [6, 6.07) is 11.4. The third-order valence-corrected chi connectivity index (χ3v) is 3.92. The molecule has 0 atom stereocenters. The van der Waals surface area contributed by atoms with Crippen LogP contribution in [0.2, 0.25) is 0 Å². The van der Waals surface area contributed by atoms with Gasteiger partial charge in [-0.05, 0) is 56.5 Å². The normalized spacial score (nSPS) is 11.2. The number of allylic oxidation sites excluding steroid dienone is 1. The molecule has 0 radical (unpaired) electrons. The number of carbonyl (C=O) groups excluding carboxylic acids is 1. The molecule has 0 aliphatic heterocycles. The van der Waals surface area contributed by atoms with Gasteiger partial charge in [-0.1, -0.05) is 30.4 Å². The van der Waals surface area contributed by atoms with Gasteiger partial charge in [-0.15, -0.1) is 0 Å². The van der Waals surface area contributed by atoms with Gasteiger partial charge in [0.05, 0.1) is 18.4 Å². The molecular formula is C20H26N2O3. The van der Waals surface area contributed by atoms with E-state index in [2.05, 4.69) is 17.4 Å². The van der Waals surface area contributed by atoms with Crippen molar-refractivity contribution in [1.82, 2.24) is 10.8 Å². The molecule has 2 N–H and O–H groups in total. The Bertz CT molecular complexity index is 705. The molecular weight excluding hydrogens is 316 g/mol. The summed E-state index contributed by atoms with van der Waals surface area (Å²) < 4.78 is 5.24. The molecule has 0 bridgehead atoms. The van der Waals surface area contributed by atoms with Crippen LogP contribution in [0.5, 0.6) is 0 Å². The molecule has 0 saturated heterocycles. The number of aryl methyl sites for hydroxylation is 1. The molecule has 0 aliphatic carbocycles. The van der Waals surface area contributed by atoms with E-state index in [1.165, 1.54) is 0 Å². The summed E-state index contributed by atoms with van der Waals surface area (Å²) in [5.41, 5.74) is 4.94. The van der Waals surface area contributed by atoms with E-state index in [0.29, 0.717) is 6.61 Å². The molecule has 0 unspecified atom stereocenters. The first-order chi connectivity index (χ1) is 11.9. The Kier molecular flexibility index (Phi) is 6.42. The van der Waals surface area contributed by atoms with Crippen LogP contribution in [0.1, 0.15) is 44.1 Å². The standard InChI is InChI=1S/C20H26N2O3/c1-15(2)16-8-5-9-17(14-16)20(3,4)21-19(23)22-25-13-7-11-18-10-6-12-24-18/h5-6,8-10,12,14H,1,7,11,13H2,2-4H3,(H2,21,22,23). The van der Waals surface area contributed by atoms with E-state index in [1.54, 1.807) is 6.26 Å². The van der Waals surface area contributed by atoms with Crippen molar-refractivity contribution >= 4 is 11.6 Å². The van der Waals surface area contributed by atoms with Gasteiger partial charge in [-0.2, -0.15) is 0 Å². The maximum Gasteiger partial charge on any atom is 0.339 e. The van der Waals surface area contributed by atoms with Gasteiger partial charge < -0.3 is 9.73 Å². The molecule has 1 heterocycles. The lowest BCUT2D eigenvalue weighted by Crippen LogP contribution is -2.46. The SMILES string of the molecule is C=C(C)c1cccc(C(C)(C)NC(=O)NOCCCc2ccco2)c1. The number of carbonyl (C=O) groups is 1. The van der Waals surface area contributed by atoms with Crippen LogP contribution in [0, 0.1) is 0 Å². The Morgan fingerprint density at radius 2 is 2.08 bits per heavy atom. The Labute approximate surface area is 149 Å². The van der Waals surface area contributed by atoms with Crippen molar-refractivity contribution in [2.24, 2.45) is 0 Å². The number of amides is 2. The van der Waals surface area contributed by atoms with Crippen molar-refractivity contribution in [2.45, 2.75) is 39.2 Å². The van der Waals surface area contributed by atoms with E-state index < -0.39 is 5.54 Å². The Morgan fingerprint density at radius 1 is 1.28 bits per heavy atom. The molecule has 2 amide bonds. The van der Waals surface area contributed by atoms with Crippen molar-refractivity contribution in [3.8, 4) is 0 Å². The van der Waals surface area contributed by atoms with Gasteiger partial charge in [0.2, 0.25) is 0 Å². The molecule has 0 spiro atoms. The van der Waals surface area contributed by atoms with Crippen LogP contribution >= 0.6 is 0 Å². The third-order valence-electron chi connectivity index (χ3n) is 3.92. The Hall–Kier alpha value is -2.53. The molecule has 0 saturated carbocycles. The van der Waals surface area contributed by atoms with E-state index in [9.17, 15) is 4.79 Å². The number of nitrogens with one attached hydrogen (secondary N) is 2. The first kappa shape index (κ1) is 18.8. The fourth-order valence-electron chi connectivity index (χ4n) is 2.44. The minimum Gasteiger partial charge on any atom is -0.469 e. The summed E-state index contributed by atoms with van der Waals surface area (Å²) in [5, 5.41) is 2.92. The maximum absolute atomic E-state index is 12.1. The molecule has 2 rings (SSSR count). The minimum atomic E-state index is -0.535. The zero-order valence-electron chi connectivity index (χ0n) is 15.1. The lowest BCUT2D eigenvalue weighted by atomic mass is 9.92. The highest BCUT2D eigenvalue weighted by atomic mass is 16.7. The van der Waals surface area contributed by atoms with Crippen molar-refractivity contribution in [2.75, 3.05) is 6.61 Å². The van der Waals surface area contributed by atoms with Gasteiger partial charge in [0.15, 0.2) is 0 Å². The monoisotopic (exact) mass is 342 g/mol. The fourth-order valence-corrected chi connectivity index (χ4v) is 2.44. The quantitative estimate of drug-likeness (QED) is 0.552. The van der Waals surface area contributed by atoms with Crippen LogP contribution < -0.4 is 10.8 Å². The summed E-state index contributed by atoms with van der Waals surface area (Å²) in [5.74, 6) is 0.909. The predicted molar refractivity (Wildman–Crippen MR) is 98.8 cm³/mol. The van der Waals surface area contributed by atoms with Gasteiger partial charge in [-0.25, -0.2) is 10.3 Å². The highest BCUT2D eigenvalue weighted by Gasteiger charge is 2.23. The zero-order chi connectivity index (χ0) is 18.3. The second kappa shape index (κ2) is 8.53. The number of benzene rings is 1. The number of urea groups is 1. The van der Waals surface area contributed by atoms with E-state index in [-0.39, 0.29) is 6.03 Å². The van der Waals surface area contributed by atoms with Crippen molar-refractivity contribution in [3.63, 3.8) is 0 Å². The third kappa shape index (κ3) is 5.80. The van der Waals surface area contributed by atoms with E-state index in [1.807, 2.05) is 57.2 Å². The molecule has 0 fully saturated rings. The molecule has 2 aromatic rings. The van der Waals surface area contributed by atoms with Crippen LogP contribution in [0.4, 0.5) is 4.79 Å². The molecule has 5 heteroatoms. The van der Waals surface area contributed by atoms with Gasteiger partial charge in [0.25, 0.3) is 0 Å². The van der Waals surface area contributed by atoms with Crippen LogP contribution in [-0.2, 0) is 16.8 Å². The van der Waals surface area contributed by atoms with E-state index >= 15 is 0 Å². The summed E-state index contributed by atoms with van der Waals surface area (Å²) >= 11 is 0. The number of rotatable bonds is 8. The molecule has 25 heavy (non-hydrogen) atoms. The lowest BCUT2D eigenvalue weighted by molar-refractivity contribution is 0.0566. The smallest absolute Gasteiger partial charge is 0.339 e. The Morgan fingerprint density at radius 3 is 2.76 bits per heavy atom. The van der Waals surface area contributed by atoms with Crippen LogP contribution in [0.3, 0.4) is 0 Å². The average Bonchev–Trinajstić information content (AvgIpc) is 3.07. The second-order valence-electron chi connectivity index (χ2n) is 6.57. The topological polar surface area (TPSA) is 63.5 Å². The minimum absolute atomic E-state index is 0.372. The second-order valence-corrected chi connectivity index (χ2v) is 6.57. The highest BCUT2D eigenvalue weighted by molar-refractivity contribution is 5.74. The zero-order valence-corrected chi connectivity index (χ0v) is 15.1. The van der Waals surface area contributed by atoms with E-state index in [0.717, 1.165) is 35.3 Å². The summed E-state index contributed by atoms with van der Waals surface area (Å²) in [7, 11) is 0. The predicted octanol–water partition coefficient (Wildman–Crippen LogP) is 4.41. The fraction of sp³-hybridized carbons (Fsp3) is 0.350. The molecule has 5 nitrogen and oxygen atoms in total. The maximum atomic E-state index is 12.1. The van der Waals surface area contributed by atoms with Crippen LogP contribution in [0.15, 0.2) is 53.7 Å². The summed E-state index contributed by atoms with van der Waals surface area (Å²) in [6.07, 6.45) is 3.18. The highest BCUT2D eigenvalue weighted by Crippen LogP contribution is 2.23. The van der Waals surface area contributed by atoms with Gasteiger partial charge in [0.1, 0.15) is 5.76 Å². The number of hydrogen-bond donors (Lipinski definition) is 2. The van der Waals surface area contributed by atoms with Crippen LogP contribution in [-0.4, -0.2) is 12.6 Å². The van der Waals surface area contributed by atoms with Gasteiger partial charge in [-0.3, -0.25) is 4.84 Å². The Balaban J connectivity index is 1.78. The number of hydroxylamine groups is 1. The number of hydrogen-bond acceptors (Lipinski definition) is 3. The summed E-state index contributed by atoms with van der Waals surface area (Å²) in [6.45, 7) is 10.2. The first-order valence-electron chi connectivity index (χ1n) is 8.37. The first-order valence-corrected chi connectivity index (χ1v) is 8.37. The summed E-state index contributed by atoms with van der Waals surface area (Å²) in [4.78, 5) is 17.3. The van der Waals surface area contributed by atoms with Gasteiger partial charge in [0, 0.05) is 6.42 Å². The van der Waals surface area contributed by atoms with Crippen molar-refractivity contribution in [3.05, 3.63) is 66.1 Å². The van der Waals surface area contributed by atoms with Crippen molar-refractivity contribution in [1.29, 1.82) is 0 Å². The van der Waals surface area contributed by atoms with Crippen LogP contribution in [0.25, 0.3) is 5.57 Å². The molecule has 1 aromatic heterocycles.